The molecule has 0 radical (unpaired) electrons. The summed E-state index contributed by atoms with van der Waals surface area (Å²) in [7, 11) is 1.91. The molecule has 10 heteroatoms. The summed E-state index contributed by atoms with van der Waals surface area (Å²) in [6.07, 6.45) is 3.60. The zero-order valence-corrected chi connectivity index (χ0v) is 24.8. The third-order valence-corrected chi connectivity index (χ3v) is 5.88. The minimum atomic E-state index is -0.437. The minimum Gasteiger partial charge on any atom is -1.00 e. The van der Waals surface area contributed by atoms with Gasteiger partial charge in [-0.1, -0.05) is 30.3 Å². The molecule has 0 spiro atoms. The molecule has 0 saturated carbocycles. The van der Waals surface area contributed by atoms with E-state index in [1.165, 1.54) is 0 Å². The molecule has 38 heavy (non-hydrogen) atoms. The van der Waals surface area contributed by atoms with Gasteiger partial charge in [-0.3, -0.25) is 9.59 Å². The van der Waals surface area contributed by atoms with Crippen LogP contribution in [0.4, 0.5) is 11.4 Å². The van der Waals surface area contributed by atoms with E-state index < -0.39 is 11.8 Å². The monoisotopic (exact) mass is 733 g/mol. The highest BCUT2D eigenvalue weighted by molar-refractivity contribution is 6.06. The average Bonchev–Trinajstić information content (AvgIpc) is 2.89. The summed E-state index contributed by atoms with van der Waals surface area (Å²) in [5.41, 5.74) is 3.43. The summed E-state index contributed by atoms with van der Waals surface area (Å²) in [5.74, 6) is -0.848. The van der Waals surface area contributed by atoms with E-state index in [1.807, 2.05) is 83.0 Å². The lowest BCUT2D eigenvalue weighted by Crippen LogP contribution is -3.00. The molecular formula is C28H25I2N5O3. The van der Waals surface area contributed by atoms with Gasteiger partial charge in [-0.25, -0.2) is 4.98 Å². The molecule has 5 rings (SSSR count). The molecule has 0 unspecified atom stereocenters. The smallest absolute Gasteiger partial charge is 0.274 e. The van der Waals surface area contributed by atoms with Crippen LogP contribution in [-0.4, -0.2) is 28.5 Å². The number of anilines is 2. The van der Waals surface area contributed by atoms with Gasteiger partial charge in [-0.15, -0.1) is 0 Å². The summed E-state index contributed by atoms with van der Waals surface area (Å²) < 4.78 is 3.82. The van der Waals surface area contributed by atoms with E-state index in [0.29, 0.717) is 17.9 Å². The molecule has 3 aromatic heterocycles. The van der Waals surface area contributed by atoms with Crippen LogP contribution < -0.4 is 67.7 Å². The van der Waals surface area contributed by atoms with E-state index in [9.17, 15) is 14.7 Å². The first-order valence-electron chi connectivity index (χ1n) is 11.5. The van der Waals surface area contributed by atoms with Crippen LogP contribution in [-0.2, 0) is 13.6 Å². The van der Waals surface area contributed by atoms with Crippen LogP contribution in [0.5, 0.6) is 0 Å². The second-order valence-electron chi connectivity index (χ2n) is 8.42. The van der Waals surface area contributed by atoms with Gasteiger partial charge in [-0.2, -0.15) is 9.13 Å². The summed E-state index contributed by atoms with van der Waals surface area (Å²) in [6.45, 7) is 0.366. The van der Waals surface area contributed by atoms with Crippen molar-refractivity contribution in [3.05, 3.63) is 103 Å². The van der Waals surface area contributed by atoms with Gasteiger partial charge in [0, 0.05) is 22.9 Å². The molecule has 0 bridgehead atoms. The fourth-order valence-corrected chi connectivity index (χ4v) is 4.23. The number of carbonyl (C=O) groups is 2. The molecule has 0 aliphatic carbocycles. The van der Waals surface area contributed by atoms with E-state index in [2.05, 4.69) is 15.6 Å². The van der Waals surface area contributed by atoms with Crippen molar-refractivity contribution in [2.45, 2.75) is 6.54 Å². The SMILES string of the molecule is C[n+]1cc(NC(=O)c2cccc(C(=O)Nc3cc4ccccc4[n+](CCO)c3)n2)cc2ccccc21.[I-].[I-]. The number of aliphatic hydroxyl groups excluding tert-OH is 1. The van der Waals surface area contributed by atoms with Crippen LogP contribution in [0.1, 0.15) is 21.0 Å². The molecule has 0 atom stereocenters. The second-order valence-corrected chi connectivity index (χ2v) is 8.42. The number of halogens is 2. The lowest BCUT2D eigenvalue weighted by Gasteiger charge is -2.08. The van der Waals surface area contributed by atoms with Gasteiger partial charge in [0.15, 0.2) is 18.9 Å². The molecule has 2 amide bonds. The molecule has 0 fully saturated rings. The predicted octanol–water partition coefficient (Wildman–Crippen LogP) is -3.00. The van der Waals surface area contributed by atoms with Gasteiger partial charge in [0.25, 0.3) is 11.8 Å². The summed E-state index contributed by atoms with van der Waals surface area (Å²) in [4.78, 5) is 30.2. The summed E-state index contributed by atoms with van der Waals surface area (Å²) in [6, 6.07) is 24.1. The first-order valence-corrected chi connectivity index (χ1v) is 11.5. The lowest BCUT2D eigenvalue weighted by atomic mass is 10.2. The second kappa shape index (κ2) is 13.0. The molecule has 3 heterocycles. The van der Waals surface area contributed by atoms with E-state index in [0.717, 1.165) is 21.8 Å². The van der Waals surface area contributed by atoms with E-state index in [-0.39, 0.29) is 65.9 Å². The zero-order valence-electron chi connectivity index (χ0n) is 20.4. The van der Waals surface area contributed by atoms with Crippen LogP contribution in [0.3, 0.4) is 0 Å². The van der Waals surface area contributed by atoms with Crippen LogP contribution in [0.25, 0.3) is 21.8 Å². The van der Waals surface area contributed by atoms with Gasteiger partial charge in [0.05, 0.1) is 0 Å². The topological polar surface area (TPSA) is 99.1 Å². The highest BCUT2D eigenvalue weighted by Gasteiger charge is 2.17. The number of hydrogen-bond acceptors (Lipinski definition) is 4. The molecule has 194 valence electrons. The van der Waals surface area contributed by atoms with Gasteiger partial charge in [-0.05, 0) is 36.4 Å². The Morgan fingerprint density at radius 3 is 1.89 bits per heavy atom. The maximum Gasteiger partial charge on any atom is 0.274 e. The van der Waals surface area contributed by atoms with E-state index in [1.54, 1.807) is 24.4 Å². The fraction of sp³-hybridized carbons (Fsp3) is 0.107. The van der Waals surface area contributed by atoms with Crippen molar-refractivity contribution in [2.24, 2.45) is 7.05 Å². The van der Waals surface area contributed by atoms with Crippen molar-refractivity contribution in [2.75, 3.05) is 17.2 Å². The number of aryl methyl sites for hydroxylation is 1. The zero-order chi connectivity index (χ0) is 25.1. The largest absolute Gasteiger partial charge is 1.00 e. The average molecular weight is 733 g/mol. The highest BCUT2D eigenvalue weighted by Crippen LogP contribution is 2.17. The van der Waals surface area contributed by atoms with Crippen LogP contribution in [0.15, 0.2) is 91.3 Å². The Kier molecular flexibility index (Phi) is 10.1. The Morgan fingerprint density at radius 1 is 0.763 bits per heavy atom. The normalized spacial score (nSPS) is 10.4. The number of amides is 2. The van der Waals surface area contributed by atoms with Crippen molar-refractivity contribution < 1.29 is 71.8 Å². The number of pyridine rings is 3. The number of carbonyl (C=O) groups excluding carboxylic acids is 2. The molecular weight excluding hydrogens is 708 g/mol. The third-order valence-electron chi connectivity index (χ3n) is 5.88. The molecule has 0 aliphatic rings. The fourth-order valence-electron chi connectivity index (χ4n) is 4.23. The Hall–Kier alpha value is -3.23. The van der Waals surface area contributed by atoms with Gasteiger partial charge < -0.3 is 63.7 Å². The van der Waals surface area contributed by atoms with Crippen molar-refractivity contribution in [1.29, 1.82) is 0 Å². The number of para-hydroxylation sites is 2. The van der Waals surface area contributed by atoms with Crippen LogP contribution in [0.2, 0.25) is 0 Å². The lowest BCUT2D eigenvalue weighted by molar-refractivity contribution is -0.672. The van der Waals surface area contributed by atoms with E-state index >= 15 is 0 Å². The Morgan fingerprint density at radius 2 is 1.29 bits per heavy atom. The number of benzene rings is 2. The van der Waals surface area contributed by atoms with Crippen molar-refractivity contribution in [3.8, 4) is 0 Å². The predicted molar refractivity (Wildman–Crippen MR) is 136 cm³/mol. The minimum absolute atomic E-state index is 0. The third kappa shape index (κ3) is 6.42. The number of rotatable bonds is 6. The number of aliphatic hydroxyl groups is 1. The molecule has 0 saturated heterocycles. The highest BCUT2D eigenvalue weighted by atomic mass is 127. The van der Waals surface area contributed by atoms with Crippen molar-refractivity contribution >= 4 is 45.0 Å². The molecule has 0 aliphatic heterocycles. The molecule has 3 N–H and O–H groups in total. The van der Waals surface area contributed by atoms with Crippen LogP contribution >= 0.6 is 0 Å². The van der Waals surface area contributed by atoms with Gasteiger partial charge >= 0.3 is 0 Å². The number of aromatic nitrogens is 3. The number of nitrogens with one attached hydrogen (secondary N) is 2. The summed E-state index contributed by atoms with van der Waals surface area (Å²) >= 11 is 0. The van der Waals surface area contributed by atoms with Crippen molar-refractivity contribution in [1.82, 2.24) is 4.98 Å². The summed E-state index contributed by atoms with van der Waals surface area (Å²) in [5, 5.41) is 17.1. The van der Waals surface area contributed by atoms with E-state index in [4.69, 9.17) is 0 Å². The quantitative estimate of drug-likeness (QED) is 0.128. The number of fused-ring (bicyclic) bond motifs is 2. The first-order chi connectivity index (χ1) is 17.5. The Labute approximate surface area is 253 Å². The standard InChI is InChI=1S/C28H23N5O3.2HI/c1-32-17-21(15-19-7-2-4-11-25(19)32)29-27(35)23-9-6-10-24(31-23)28(36)30-22-16-20-8-3-5-12-26(20)33(18-22)13-14-34;;/h2-12,15-18,34H,13-14H2,1H3;2*1H. The molecule has 5 aromatic rings. The molecule has 8 nitrogen and oxygen atoms in total. The van der Waals surface area contributed by atoms with Crippen LogP contribution in [0, 0.1) is 0 Å². The number of hydrogen-bond donors (Lipinski definition) is 3. The Bertz CT molecular complexity index is 1630. The maximum absolute atomic E-state index is 13.0. The first kappa shape index (κ1) is 29.3. The Balaban J connectivity index is 0.00000200. The molecule has 2 aromatic carbocycles. The van der Waals surface area contributed by atoms with Gasteiger partial charge in [0.1, 0.15) is 36.4 Å². The van der Waals surface area contributed by atoms with Crippen molar-refractivity contribution in [3.63, 3.8) is 0 Å². The number of nitrogens with zero attached hydrogens (tertiary/aromatic N) is 3. The van der Waals surface area contributed by atoms with Gasteiger partial charge in [0.2, 0.25) is 11.0 Å². The maximum atomic E-state index is 13.0.